The summed E-state index contributed by atoms with van der Waals surface area (Å²) in [5.41, 5.74) is 4.40. The lowest BCUT2D eigenvalue weighted by molar-refractivity contribution is -0.253. The van der Waals surface area contributed by atoms with Crippen LogP contribution < -0.4 is 15.5 Å². The van der Waals surface area contributed by atoms with Gasteiger partial charge in [-0.3, -0.25) is 14.6 Å². The van der Waals surface area contributed by atoms with Crippen LogP contribution in [0.1, 0.15) is 58.7 Å². The van der Waals surface area contributed by atoms with Gasteiger partial charge in [0.1, 0.15) is 5.54 Å². The van der Waals surface area contributed by atoms with Gasteiger partial charge in [0, 0.05) is 55.4 Å². The topological polar surface area (TPSA) is 116 Å². The smallest absolute Gasteiger partial charge is 0.257 e. The second-order valence-corrected chi connectivity index (χ2v) is 12.4. The van der Waals surface area contributed by atoms with E-state index in [1.807, 2.05) is 66.7 Å². The number of piperidine rings is 1. The minimum Gasteiger partial charge on any atom is -0.392 e. The molecular weight excluding hydrogens is 594 g/mol. The first-order valence-corrected chi connectivity index (χ1v) is 16.2. The maximum absolute atomic E-state index is 13.2. The average Bonchev–Trinajstić information content (AvgIpc) is 3.44. The third-order valence-electron chi connectivity index (χ3n) is 9.53. The largest absolute Gasteiger partial charge is 0.392 e. The van der Waals surface area contributed by atoms with Crippen molar-refractivity contribution < 1.29 is 24.2 Å². The zero-order valence-electron chi connectivity index (χ0n) is 26.1. The number of likely N-dealkylation sites (tertiary alicyclic amines) is 1. The molecule has 1 spiro atoms. The summed E-state index contributed by atoms with van der Waals surface area (Å²) in [5.74, 6) is -0.123. The van der Waals surface area contributed by atoms with E-state index in [2.05, 4.69) is 37.6 Å². The maximum atomic E-state index is 13.2. The molecule has 0 radical (unpaired) electrons. The number of hydrogen-bond acceptors (Lipinski definition) is 8. The number of carbonyl (C=O) groups is 2. The second kappa shape index (κ2) is 13.6. The molecule has 3 saturated heterocycles. The van der Waals surface area contributed by atoms with Crippen molar-refractivity contribution in [2.45, 2.75) is 49.9 Å². The van der Waals surface area contributed by atoms with Gasteiger partial charge in [-0.2, -0.15) is 0 Å². The normalized spacial score (nSPS) is 22.6. The molecule has 3 fully saturated rings. The van der Waals surface area contributed by atoms with Gasteiger partial charge < -0.3 is 35.0 Å². The summed E-state index contributed by atoms with van der Waals surface area (Å²) in [6.45, 7) is 2.79. The summed E-state index contributed by atoms with van der Waals surface area (Å²) in [6, 6.07) is 29.0. The maximum Gasteiger partial charge on any atom is 0.257 e. The summed E-state index contributed by atoms with van der Waals surface area (Å²) in [6.07, 6.45) is 4.38. The number of benzene rings is 3. The Morgan fingerprint density at radius 2 is 1.68 bits per heavy atom. The monoisotopic (exact) mass is 633 g/mol. The van der Waals surface area contributed by atoms with Crippen LogP contribution in [0.3, 0.4) is 0 Å². The Hall–Kier alpha value is -4.61. The highest BCUT2D eigenvalue weighted by atomic mass is 16.7. The van der Waals surface area contributed by atoms with E-state index in [1.165, 1.54) is 6.20 Å². The number of ether oxygens (including phenoxy) is 2. The van der Waals surface area contributed by atoms with Gasteiger partial charge in [0.25, 0.3) is 5.91 Å². The Labute approximate surface area is 274 Å². The van der Waals surface area contributed by atoms with Crippen LogP contribution in [0, 0.1) is 0 Å². The highest BCUT2D eigenvalue weighted by Gasteiger charge is 2.50. The molecule has 0 bridgehead atoms. The van der Waals surface area contributed by atoms with Crippen LogP contribution in [0.2, 0.25) is 0 Å². The molecule has 0 saturated carbocycles. The lowest BCUT2D eigenvalue weighted by Crippen LogP contribution is -2.57. The van der Waals surface area contributed by atoms with Gasteiger partial charge >= 0.3 is 0 Å². The van der Waals surface area contributed by atoms with Gasteiger partial charge in [-0.05, 0) is 60.4 Å². The Balaban J connectivity index is 1.05. The zero-order chi connectivity index (χ0) is 32.2. The number of para-hydroxylation sites is 1. The number of nitrogens with one attached hydrogen (secondary N) is 2. The fraction of sp³-hybridized carbons (Fsp3) is 0.324. The molecule has 4 heterocycles. The molecule has 10 heteroatoms. The van der Waals surface area contributed by atoms with Gasteiger partial charge in [-0.25, -0.2) is 0 Å². The van der Waals surface area contributed by atoms with Crippen molar-refractivity contribution in [3.05, 3.63) is 126 Å². The molecule has 4 aromatic rings. The number of rotatable bonds is 8. The number of nitrogens with zero attached hydrogens (tertiary/aromatic N) is 3. The molecule has 0 unspecified atom stereocenters. The Kier molecular flexibility index (Phi) is 8.99. The van der Waals surface area contributed by atoms with Crippen molar-refractivity contribution in [1.82, 2.24) is 15.2 Å². The Bertz CT molecular complexity index is 1660. The van der Waals surface area contributed by atoms with Crippen LogP contribution in [0.25, 0.3) is 0 Å². The number of pyridine rings is 1. The third-order valence-corrected chi connectivity index (χ3v) is 9.53. The van der Waals surface area contributed by atoms with Gasteiger partial charge in [-0.15, -0.1) is 0 Å². The highest BCUT2D eigenvalue weighted by molar-refractivity contribution is 6.04. The number of aromatic nitrogens is 1. The molecule has 3 aliphatic heterocycles. The SMILES string of the molecule is O=C(Nc1ccc([C@@H]2O[C@H](CN3CCC4(CC3)C(=O)NCN4c3ccccc3)C[C@H](c3ccc(CO)cc3)O2)cc1)c1cccnc1. The summed E-state index contributed by atoms with van der Waals surface area (Å²) in [7, 11) is 0. The van der Waals surface area contributed by atoms with E-state index in [9.17, 15) is 14.7 Å². The quantitative estimate of drug-likeness (QED) is 0.254. The van der Waals surface area contributed by atoms with Crippen LogP contribution >= 0.6 is 0 Å². The molecule has 3 aliphatic rings. The number of amides is 2. The first-order valence-electron chi connectivity index (χ1n) is 16.2. The van der Waals surface area contributed by atoms with E-state index in [0.717, 1.165) is 48.3 Å². The molecule has 7 rings (SSSR count). The van der Waals surface area contributed by atoms with Crippen LogP contribution in [0.15, 0.2) is 103 Å². The van der Waals surface area contributed by atoms with Gasteiger partial charge in [-0.1, -0.05) is 54.6 Å². The molecule has 3 N–H and O–H groups in total. The lowest BCUT2D eigenvalue weighted by atomic mass is 9.85. The van der Waals surface area contributed by atoms with Gasteiger partial charge in [0.15, 0.2) is 6.29 Å². The minimum atomic E-state index is -0.607. The molecule has 47 heavy (non-hydrogen) atoms. The standard InChI is InChI=1S/C37H39N5O5/c43-24-26-8-10-27(11-9-26)33-21-32(23-41-19-16-37(17-20-41)36(45)39-25-42(37)31-6-2-1-3-7-31)46-35(47-33)28-12-14-30(15-13-28)40-34(44)29-5-4-18-38-22-29/h1-15,18,22,32-33,35,43H,16-17,19-21,23-25H2,(H,39,45)(H,40,44)/t32-,33+,35+/m0/s1. The molecule has 10 nitrogen and oxygen atoms in total. The Morgan fingerprint density at radius 3 is 2.38 bits per heavy atom. The van der Waals surface area contributed by atoms with Crippen molar-refractivity contribution in [2.24, 2.45) is 0 Å². The van der Waals surface area contributed by atoms with E-state index in [0.29, 0.717) is 30.9 Å². The summed E-state index contributed by atoms with van der Waals surface area (Å²) < 4.78 is 13.1. The van der Waals surface area contributed by atoms with Crippen LogP contribution in [0.4, 0.5) is 11.4 Å². The van der Waals surface area contributed by atoms with Crippen molar-refractivity contribution in [1.29, 1.82) is 0 Å². The fourth-order valence-electron chi connectivity index (χ4n) is 6.88. The summed E-state index contributed by atoms with van der Waals surface area (Å²) in [5, 5.41) is 15.6. The summed E-state index contributed by atoms with van der Waals surface area (Å²) >= 11 is 0. The molecule has 1 aromatic heterocycles. The summed E-state index contributed by atoms with van der Waals surface area (Å²) in [4.78, 5) is 34.4. The molecular formula is C37H39N5O5. The van der Waals surface area contributed by atoms with E-state index in [4.69, 9.17) is 9.47 Å². The molecule has 242 valence electrons. The van der Waals surface area contributed by atoms with Gasteiger partial charge in [0.05, 0.1) is 31.0 Å². The first-order chi connectivity index (χ1) is 23.0. The average molecular weight is 634 g/mol. The van der Waals surface area contributed by atoms with Crippen molar-refractivity contribution >= 4 is 23.2 Å². The lowest BCUT2D eigenvalue weighted by Gasteiger charge is -2.45. The Morgan fingerprint density at radius 1 is 0.936 bits per heavy atom. The van der Waals surface area contributed by atoms with Crippen molar-refractivity contribution in [2.75, 3.05) is 36.5 Å². The number of hydrogen-bond donors (Lipinski definition) is 3. The van der Waals surface area contributed by atoms with E-state index < -0.39 is 11.8 Å². The molecule has 3 atom stereocenters. The van der Waals surface area contributed by atoms with Crippen LogP contribution in [0.5, 0.6) is 0 Å². The predicted molar refractivity (Wildman–Crippen MR) is 177 cm³/mol. The second-order valence-electron chi connectivity index (χ2n) is 12.4. The highest BCUT2D eigenvalue weighted by Crippen LogP contribution is 2.40. The molecule has 3 aromatic carbocycles. The molecule has 0 aliphatic carbocycles. The van der Waals surface area contributed by atoms with E-state index in [1.54, 1.807) is 18.3 Å². The molecule has 2 amide bonds. The third kappa shape index (κ3) is 6.63. The van der Waals surface area contributed by atoms with Crippen LogP contribution in [-0.4, -0.2) is 64.8 Å². The van der Waals surface area contributed by atoms with Crippen molar-refractivity contribution in [3.63, 3.8) is 0 Å². The number of aliphatic hydroxyl groups excluding tert-OH is 1. The fourth-order valence-corrected chi connectivity index (χ4v) is 6.88. The minimum absolute atomic E-state index is 0.0139. The number of anilines is 2. The van der Waals surface area contributed by atoms with Crippen molar-refractivity contribution in [3.8, 4) is 0 Å². The number of carbonyl (C=O) groups excluding carboxylic acids is 2. The van der Waals surface area contributed by atoms with E-state index >= 15 is 0 Å². The first kappa shape index (κ1) is 31.0. The number of aliphatic hydroxyl groups is 1. The van der Waals surface area contributed by atoms with E-state index in [-0.39, 0.29) is 30.6 Å². The van der Waals surface area contributed by atoms with Crippen LogP contribution in [-0.2, 0) is 20.9 Å². The zero-order valence-corrected chi connectivity index (χ0v) is 26.1. The van der Waals surface area contributed by atoms with Gasteiger partial charge in [0.2, 0.25) is 5.91 Å². The predicted octanol–water partition coefficient (Wildman–Crippen LogP) is 4.80.